The van der Waals surface area contributed by atoms with Crippen LogP contribution in [0.25, 0.3) is 0 Å². The number of halogens is 3. The minimum absolute atomic E-state index is 0.0431. The summed E-state index contributed by atoms with van der Waals surface area (Å²) in [4.78, 5) is 13.5. The van der Waals surface area contributed by atoms with Crippen LogP contribution in [-0.4, -0.2) is 36.0 Å². The molecule has 2 N–H and O–H groups in total. The molecule has 21 heavy (non-hydrogen) atoms. The van der Waals surface area contributed by atoms with Crippen LogP contribution in [0.4, 0.5) is 8.78 Å². The summed E-state index contributed by atoms with van der Waals surface area (Å²) in [6, 6.07) is 2.30. The molecule has 0 aliphatic carbocycles. The van der Waals surface area contributed by atoms with Gasteiger partial charge in [-0.05, 0) is 12.1 Å². The Morgan fingerprint density at radius 2 is 2.10 bits per heavy atom. The summed E-state index contributed by atoms with van der Waals surface area (Å²) in [5.41, 5.74) is 5.35. The maximum Gasteiger partial charge on any atom is 0.225 e. The molecule has 0 unspecified atom stereocenters. The molecule has 0 atom stereocenters. The van der Waals surface area contributed by atoms with E-state index in [1.807, 2.05) is 0 Å². The van der Waals surface area contributed by atoms with Gasteiger partial charge in [0, 0.05) is 24.5 Å². The predicted molar refractivity (Wildman–Crippen MR) is 83.2 cm³/mol. The second kappa shape index (κ2) is 8.23. The lowest BCUT2D eigenvalue weighted by atomic mass is 10.3. The number of ether oxygens (including phenoxy) is 1. The number of nitrogens with two attached hydrogens (primary N) is 1. The Bertz CT molecular complexity index is 543. The minimum Gasteiger partial charge on any atom is -0.490 e. The molecule has 1 amide bonds. The van der Waals surface area contributed by atoms with Crippen LogP contribution in [0.1, 0.15) is 12.8 Å². The van der Waals surface area contributed by atoms with Crippen LogP contribution in [0.5, 0.6) is 5.75 Å². The second-order valence-electron chi connectivity index (χ2n) is 4.33. The van der Waals surface area contributed by atoms with Crippen LogP contribution in [0.3, 0.4) is 0 Å². The Morgan fingerprint density at radius 3 is 2.71 bits per heavy atom. The van der Waals surface area contributed by atoms with Crippen LogP contribution in [0.15, 0.2) is 16.6 Å². The number of rotatable bonds is 7. The van der Waals surface area contributed by atoms with Crippen LogP contribution >= 0.6 is 28.1 Å². The molecule has 116 valence electrons. The smallest absolute Gasteiger partial charge is 0.225 e. The molecule has 0 aliphatic heterocycles. The molecule has 0 aromatic heterocycles. The standard InChI is InChI=1S/C13H15BrF2N2O2S/c1-18(4-2-11(17)21)12(19)3-5-20-10-7-8(14)6-9(15)13(10)16/h6-7H,2-5H2,1H3,(H2,17,21). The Morgan fingerprint density at radius 1 is 1.43 bits per heavy atom. The van der Waals surface area contributed by atoms with E-state index in [4.69, 9.17) is 22.7 Å². The molecule has 1 rings (SSSR count). The van der Waals surface area contributed by atoms with Crippen molar-refractivity contribution in [2.24, 2.45) is 5.73 Å². The van der Waals surface area contributed by atoms with Gasteiger partial charge in [0.1, 0.15) is 0 Å². The molecule has 0 aliphatic rings. The van der Waals surface area contributed by atoms with E-state index in [2.05, 4.69) is 15.9 Å². The topological polar surface area (TPSA) is 55.6 Å². The molecule has 1 aromatic rings. The lowest BCUT2D eigenvalue weighted by Gasteiger charge is -2.17. The maximum atomic E-state index is 13.4. The van der Waals surface area contributed by atoms with Gasteiger partial charge in [0.15, 0.2) is 11.6 Å². The number of nitrogens with zero attached hydrogens (tertiary/aromatic N) is 1. The third-order valence-electron chi connectivity index (χ3n) is 2.65. The van der Waals surface area contributed by atoms with E-state index in [-0.39, 0.29) is 24.7 Å². The number of thiocarbonyl (C=S) groups is 1. The minimum atomic E-state index is -1.08. The molecule has 4 nitrogen and oxygen atoms in total. The van der Waals surface area contributed by atoms with Gasteiger partial charge in [-0.3, -0.25) is 4.79 Å². The summed E-state index contributed by atoms with van der Waals surface area (Å²) >= 11 is 7.76. The molecule has 0 saturated carbocycles. The number of hydrogen-bond donors (Lipinski definition) is 1. The fourth-order valence-electron chi connectivity index (χ4n) is 1.48. The van der Waals surface area contributed by atoms with E-state index in [0.29, 0.717) is 22.4 Å². The van der Waals surface area contributed by atoms with Crippen molar-refractivity contribution >= 4 is 39.0 Å². The quantitative estimate of drug-likeness (QED) is 0.583. The van der Waals surface area contributed by atoms with Gasteiger partial charge in [-0.2, -0.15) is 4.39 Å². The molecule has 0 heterocycles. The largest absolute Gasteiger partial charge is 0.490 e. The number of benzene rings is 1. The first-order valence-corrected chi connectivity index (χ1v) is 7.31. The van der Waals surface area contributed by atoms with E-state index in [1.165, 1.54) is 11.0 Å². The van der Waals surface area contributed by atoms with Crippen molar-refractivity contribution in [2.45, 2.75) is 12.8 Å². The number of hydrogen-bond acceptors (Lipinski definition) is 3. The molecular weight excluding hydrogens is 366 g/mol. The van der Waals surface area contributed by atoms with Gasteiger partial charge in [-0.15, -0.1) is 0 Å². The van der Waals surface area contributed by atoms with Gasteiger partial charge >= 0.3 is 0 Å². The van der Waals surface area contributed by atoms with E-state index in [1.54, 1.807) is 7.05 Å². The maximum absolute atomic E-state index is 13.4. The summed E-state index contributed by atoms with van der Waals surface area (Å²) in [5, 5.41) is 0. The zero-order chi connectivity index (χ0) is 16.0. The van der Waals surface area contributed by atoms with E-state index in [9.17, 15) is 13.6 Å². The molecule has 8 heteroatoms. The summed E-state index contributed by atoms with van der Waals surface area (Å²) in [6.07, 6.45) is 0.477. The lowest BCUT2D eigenvalue weighted by molar-refractivity contribution is -0.130. The Hall–Kier alpha value is -1.28. The highest BCUT2D eigenvalue weighted by molar-refractivity contribution is 9.10. The highest BCUT2D eigenvalue weighted by Gasteiger charge is 2.13. The van der Waals surface area contributed by atoms with Crippen LogP contribution in [0.2, 0.25) is 0 Å². The summed E-state index contributed by atoms with van der Waals surface area (Å²) in [5.74, 6) is -2.52. The van der Waals surface area contributed by atoms with Crippen molar-refractivity contribution in [2.75, 3.05) is 20.2 Å². The molecule has 0 bridgehead atoms. The zero-order valence-corrected chi connectivity index (χ0v) is 13.8. The summed E-state index contributed by atoms with van der Waals surface area (Å²) in [6.45, 7) is 0.358. The van der Waals surface area contributed by atoms with Crippen molar-refractivity contribution in [3.8, 4) is 5.75 Å². The summed E-state index contributed by atoms with van der Waals surface area (Å²) in [7, 11) is 1.61. The Balaban J connectivity index is 2.46. The predicted octanol–water partition coefficient (Wildman–Crippen LogP) is 2.63. The first-order valence-electron chi connectivity index (χ1n) is 6.11. The lowest BCUT2D eigenvalue weighted by Crippen LogP contribution is -2.31. The zero-order valence-electron chi connectivity index (χ0n) is 11.4. The number of carbonyl (C=O) groups excluding carboxylic acids is 1. The van der Waals surface area contributed by atoms with Gasteiger partial charge in [0.05, 0.1) is 18.0 Å². The van der Waals surface area contributed by atoms with Gasteiger partial charge in [-0.1, -0.05) is 28.1 Å². The van der Waals surface area contributed by atoms with E-state index >= 15 is 0 Å². The van der Waals surface area contributed by atoms with Crippen molar-refractivity contribution in [3.05, 3.63) is 28.2 Å². The normalized spacial score (nSPS) is 10.3. The number of amides is 1. The van der Waals surface area contributed by atoms with Crippen molar-refractivity contribution in [1.82, 2.24) is 4.90 Å². The molecule has 0 saturated heterocycles. The molecule has 0 spiro atoms. The third kappa shape index (κ3) is 5.92. The average molecular weight is 381 g/mol. The SMILES string of the molecule is CN(CCC(N)=S)C(=O)CCOc1cc(Br)cc(F)c1F. The molecule has 0 fully saturated rings. The van der Waals surface area contributed by atoms with Crippen LogP contribution in [0, 0.1) is 11.6 Å². The van der Waals surface area contributed by atoms with Crippen LogP contribution in [-0.2, 0) is 4.79 Å². The van der Waals surface area contributed by atoms with E-state index in [0.717, 1.165) is 6.07 Å². The van der Waals surface area contributed by atoms with Gasteiger partial charge in [0.25, 0.3) is 0 Å². The van der Waals surface area contributed by atoms with E-state index < -0.39 is 11.6 Å². The van der Waals surface area contributed by atoms with Crippen molar-refractivity contribution in [3.63, 3.8) is 0 Å². The fourth-order valence-corrected chi connectivity index (χ4v) is 1.98. The van der Waals surface area contributed by atoms with Gasteiger partial charge < -0.3 is 15.4 Å². The highest BCUT2D eigenvalue weighted by Crippen LogP contribution is 2.25. The Kier molecular flexibility index (Phi) is 6.97. The Labute approximate surface area is 135 Å². The van der Waals surface area contributed by atoms with Crippen molar-refractivity contribution < 1.29 is 18.3 Å². The average Bonchev–Trinajstić information content (AvgIpc) is 2.41. The third-order valence-corrected chi connectivity index (χ3v) is 3.31. The fraction of sp³-hybridized carbons (Fsp3) is 0.385. The molecule has 1 aromatic carbocycles. The monoisotopic (exact) mass is 380 g/mol. The second-order valence-corrected chi connectivity index (χ2v) is 5.77. The first-order chi connectivity index (χ1) is 9.81. The van der Waals surface area contributed by atoms with Crippen LogP contribution < -0.4 is 10.5 Å². The summed E-state index contributed by atoms with van der Waals surface area (Å²) < 4.78 is 32.0. The molecule has 0 radical (unpaired) electrons. The highest BCUT2D eigenvalue weighted by atomic mass is 79.9. The van der Waals surface area contributed by atoms with Crippen molar-refractivity contribution in [1.29, 1.82) is 0 Å². The van der Waals surface area contributed by atoms with Gasteiger partial charge in [-0.25, -0.2) is 4.39 Å². The van der Waals surface area contributed by atoms with Gasteiger partial charge in [0.2, 0.25) is 11.7 Å². The first kappa shape index (κ1) is 17.8. The number of carbonyl (C=O) groups is 1. The molecular formula is C13H15BrF2N2O2S.